The maximum Gasteiger partial charge on any atom is 0.499 e. The molecule has 11 aromatic rings. The average molecular weight is 1160 g/mol. The normalized spacial score (nSPS) is 13.1. The first-order valence-corrected chi connectivity index (χ1v) is 31.6. The molecule has 0 saturated carbocycles. The van der Waals surface area contributed by atoms with Crippen molar-refractivity contribution in [3.8, 4) is 0 Å². The third-order valence-electron chi connectivity index (χ3n) is 14.4. The molecule has 388 valence electrons. The molecule has 0 spiro atoms. The predicted molar refractivity (Wildman–Crippen MR) is 339 cm³/mol. The number of nitrogens with zero attached hydrogens (tertiary/aromatic N) is 6. The van der Waals surface area contributed by atoms with Crippen molar-refractivity contribution in [3.63, 3.8) is 0 Å². The Morgan fingerprint density at radius 2 is 0.562 bits per heavy atom. The zero-order valence-corrected chi connectivity index (χ0v) is 50.1. The van der Waals surface area contributed by atoms with Gasteiger partial charge in [0.1, 0.15) is 22.6 Å². The lowest BCUT2D eigenvalue weighted by Crippen LogP contribution is -2.44. The van der Waals surface area contributed by atoms with Crippen LogP contribution in [-0.4, -0.2) is 27.0 Å². The van der Waals surface area contributed by atoms with Crippen molar-refractivity contribution in [2.24, 2.45) is 20.0 Å². The maximum atomic E-state index is 8.16. The topological polar surface area (TPSA) is 59.3 Å². The summed E-state index contributed by atoms with van der Waals surface area (Å²) in [4.78, 5) is 36.2. The van der Waals surface area contributed by atoms with Gasteiger partial charge in [0.15, 0.2) is 11.7 Å². The van der Waals surface area contributed by atoms with E-state index in [0.29, 0.717) is 23.0 Å². The van der Waals surface area contributed by atoms with E-state index in [2.05, 4.69) is 232 Å². The standard InChI is InChI=1S/C66H48BClN6S6/c1-37-7-19-43(20-8-37)75-55-31-49-50(32-56(55)76-44-21-9-38(2)10-22-44)62-69-61(49)70-63-51-33-57(77-45-23-11-39(3)12-24-45)59(79-47-27-15-41(5)16-28-47)35-53(51)65-72-66-54-36-60(80-48-29-17-42(6)18-30-48)58(78-46-25-13-40(4)14-26-46)34-52(54)64(71-62)74(66)67(68)73(63)65/h7-36H,1-6H3. The molecule has 3 aliphatic rings. The summed E-state index contributed by atoms with van der Waals surface area (Å²) in [7, 11) is 0. The van der Waals surface area contributed by atoms with Crippen LogP contribution in [0.25, 0.3) is 21.5 Å². The molecule has 0 fully saturated rings. The molecule has 0 radical (unpaired) electrons. The maximum absolute atomic E-state index is 8.16. The van der Waals surface area contributed by atoms with Gasteiger partial charge in [-0.15, -0.1) is 11.5 Å². The van der Waals surface area contributed by atoms with Crippen molar-refractivity contribution in [2.75, 3.05) is 0 Å². The van der Waals surface area contributed by atoms with Crippen LogP contribution in [0.5, 0.6) is 0 Å². The molecule has 0 amide bonds. The smallest absolute Gasteiger partial charge is 0.319 e. The van der Waals surface area contributed by atoms with Gasteiger partial charge in [-0.1, -0.05) is 177 Å². The number of aryl methyl sites for hydroxylation is 6. The van der Waals surface area contributed by atoms with Crippen molar-refractivity contribution in [1.29, 1.82) is 0 Å². The van der Waals surface area contributed by atoms with E-state index in [9.17, 15) is 0 Å². The molecule has 9 aromatic carbocycles. The van der Waals surface area contributed by atoms with Gasteiger partial charge in [-0.05, 0) is 151 Å². The molecule has 0 aliphatic carbocycles. The van der Waals surface area contributed by atoms with E-state index in [4.69, 9.17) is 31.4 Å². The lowest BCUT2D eigenvalue weighted by molar-refractivity contribution is 0.938. The Labute approximate surface area is 495 Å². The molecule has 0 atom stereocenters. The minimum Gasteiger partial charge on any atom is -0.319 e. The highest BCUT2D eigenvalue weighted by molar-refractivity contribution is 8.03. The van der Waals surface area contributed by atoms with Gasteiger partial charge in [-0.3, -0.25) is 0 Å². The highest BCUT2D eigenvalue weighted by Gasteiger charge is 2.37. The molecule has 6 nitrogen and oxygen atoms in total. The van der Waals surface area contributed by atoms with Crippen LogP contribution in [-0.2, 0) is 0 Å². The molecule has 0 saturated heterocycles. The molecule has 5 heterocycles. The van der Waals surface area contributed by atoms with Crippen LogP contribution in [0.15, 0.2) is 261 Å². The fourth-order valence-corrected chi connectivity index (χ4v) is 16.3. The quantitative estimate of drug-likeness (QED) is 0.114. The summed E-state index contributed by atoms with van der Waals surface area (Å²) in [5, 5.41) is 3.80. The zero-order valence-electron chi connectivity index (χ0n) is 44.4. The number of amidine groups is 2. The third-order valence-corrected chi connectivity index (χ3v) is 21.5. The Kier molecular flexibility index (Phi) is 13.6. The third kappa shape index (κ3) is 9.88. The van der Waals surface area contributed by atoms with Gasteiger partial charge >= 0.3 is 6.40 Å². The lowest BCUT2D eigenvalue weighted by atomic mass is 10.1. The van der Waals surface area contributed by atoms with E-state index in [0.717, 1.165) is 103 Å². The van der Waals surface area contributed by atoms with E-state index in [1.807, 2.05) is 0 Å². The molecular weight excluding hydrogens is 1120 g/mol. The van der Waals surface area contributed by atoms with Gasteiger partial charge in [0, 0.05) is 91.4 Å². The van der Waals surface area contributed by atoms with E-state index >= 15 is 0 Å². The number of aliphatic imine (C=N–C) groups is 2. The summed E-state index contributed by atoms with van der Waals surface area (Å²) in [6, 6.07) is 66.3. The second-order valence-corrected chi connectivity index (χ2v) is 27.5. The summed E-state index contributed by atoms with van der Waals surface area (Å²) in [5.41, 5.74) is 10.6. The molecule has 14 rings (SSSR count). The molecular formula is C66H48BClN6S6. The highest BCUT2D eigenvalue weighted by atomic mass is 35.5. The van der Waals surface area contributed by atoms with Crippen LogP contribution >= 0.6 is 82.0 Å². The van der Waals surface area contributed by atoms with E-state index in [-0.39, 0.29) is 0 Å². The number of hydrogen-bond acceptors (Lipinski definition) is 10. The molecule has 0 N–H and O–H groups in total. The number of halogens is 1. The Morgan fingerprint density at radius 1 is 0.300 bits per heavy atom. The number of hydrogen-bond donors (Lipinski definition) is 0. The Morgan fingerprint density at radius 3 is 0.887 bits per heavy atom. The minimum absolute atomic E-state index is 0.579. The van der Waals surface area contributed by atoms with Crippen molar-refractivity contribution < 1.29 is 0 Å². The van der Waals surface area contributed by atoms with Gasteiger partial charge in [-0.25, -0.2) is 20.0 Å². The van der Waals surface area contributed by atoms with Crippen molar-refractivity contribution in [3.05, 3.63) is 237 Å². The van der Waals surface area contributed by atoms with Crippen molar-refractivity contribution in [1.82, 2.24) is 8.96 Å². The zero-order chi connectivity index (χ0) is 54.3. The van der Waals surface area contributed by atoms with Gasteiger partial charge in [0.05, 0.1) is 0 Å². The Balaban J connectivity index is 1.06. The van der Waals surface area contributed by atoms with E-state index < -0.39 is 6.40 Å². The fraction of sp³-hybridized carbons (Fsp3) is 0.0909. The summed E-state index contributed by atoms with van der Waals surface area (Å²) < 4.78 is 4.22. The first-order valence-electron chi connectivity index (χ1n) is 26.3. The SMILES string of the molecule is Cc1ccc(Sc2cc3c(cc2Sc2ccc(C)cc2)C2=Nc4c5cc(Sc6ccc(C)cc6)c(Sc6ccc(C)cc6)cc5c5n4B(Cl)n4c(c6cc(Sc7ccc(C)cc7)c(Sc7ccc(C)cc7)cc6c4=N5)=NC3=N2)cc1. The number of benzene rings is 9. The van der Waals surface area contributed by atoms with Crippen molar-refractivity contribution >= 4 is 133 Å². The van der Waals surface area contributed by atoms with Crippen LogP contribution < -0.4 is 11.0 Å². The monoisotopic (exact) mass is 1160 g/mol. The van der Waals surface area contributed by atoms with E-state index in [1.54, 1.807) is 70.6 Å². The van der Waals surface area contributed by atoms with Gasteiger partial charge in [-0.2, -0.15) is 0 Å². The summed E-state index contributed by atoms with van der Waals surface area (Å²) in [6.07, 6.45) is -0.792. The molecule has 2 aromatic heterocycles. The molecule has 3 aliphatic heterocycles. The fourth-order valence-electron chi connectivity index (χ4n) is 10.1. The van der Waals surface area contributed by atoms with Crippen LogP contribution in [0.4, 0.5) is 11.6 Å². The highest BCUT2D eigenvalue weighted by Crippen LogP contribution is 2.50. The average Bonchev–Trinajstić information content (AvgIpc) is 3.06. The lowest BCUT2D eigenvalue weighted by Gasteiger charge is -2.18. The van der Waals surface area contributed by atoms with E-state index in [1.165, 1.54) is 33.4 Å². The number of rotatable bonds is 12. The Hall–Kier alpha value is -6.55. The largest absolute Gasteiger partial charge is 0.499 e. The van der Waals surface area contributed by atoms with Crippen LogP contribution in [0.2, 0.25) is 0 Å². The second-order valence-electron chi connectivity index (χ2n) is 20.5. The number of fused-ring (bicyclic) bond motifs is 10. The van der Waals surface area contributed by atoms with Crippen molar-refractivity contribution in [2.45, 2.75) is 100 Å². The summed E-state index contributed by atoms with van der Waals surface area (Å²) in [6.45, 7) is 12.8. The number of aromatic nitrogens is 2. The molecule has 0 unspecified atom stereocenters. The predicted octanol–water partition coefficient (Wildman–Crippen LogP) is 18.7. The Bertz CT molecular complexity index is 4520. The molecule has 80 heavy (non-hydrogen) atoms. The van der Waals surface area contributed by atoms with Gasteiger partial charge in [0.25, 0.3) is 0 Å². The summed E-state index contributed by atoms with van der Waals surface area (Å²) in [5.74, 6) is 2.59. The second kappa shape index (κ2) is 21.1. The first-order chi connectivity index (χ1) is 38.9. The summed E-state index contributed by atoms with van der Waals surface area (Å²) >= 11 is 18.7. The first kappa shape index (κ1) is 51.6. The molecule has 14 heteroatoms. The van der Waals surface area contributed by atoms with Gasteiger partial charge in [0.2, 0.25) is 0 Å². The van der Waals surface area contributed by atoms with Crippen LogP contribution in [0.1, 0.15) is 44.5 Å². The van der Waals surface area contributed by atoms with Crippen LogP contribution in [0.3, 0.4) is 0 Å². The molecule has 4 bridgehead atoms. The van der Waals surface area contributed by atoms with Crippen LogP contribution in [0, 0.1) is 41.5 Å². The van der Waals surface area contributed by atoms with Gasteiger partial charge < -0.3 is 8.96 Å². The minimum atomic E-state index is -0.792.